The highest BCUT2D eigenvalue weighted by Crippen LogP contribution is 2.33. The number of hydrogen-bond donors (Lipinski definition) is 0. The lowest BCUT2D eigenvalue weighted by Crippen LogP contribution is -2.31. The van der Waals surface area contributed by atoms with Gasteiger partial charge in [0.25, 0.3) is 5.91 Å². The van der Waals surface area contributed by atoms with E-state index in [1.807, 2.05) is 79.0 Å². The Morgan fingerprint density at radius 1 is 0.796 bits per heavy atom. The van der Waals surface area contributed by atoms with Crippen LogP contribution < -0.4 is 5.01 Å². The van der Waals surface area contributed by atoms with E-state index in [1.165, 1.54) is 10.6 Å². The van der Waals surface area contributed by atoms with Gasteiger partial charge in [-0.3, -0.25) is 4.79 Å². The molecular formula is C39H37N5O3S2. The fourth-order valence-electron chi connectivity index (χ4n) is 6.06. The second-order valence-corrected chi connectivity index (χ2v) is 15.2. The van der Waals surface area contributed by atoms with Crippen molar-refractivity contribution in [2.24, 2.45) is 5.10 Å². The number of anilines is 1. The van der Waals surface area contributed by atoms with Crippen molar-refractivity contribution in [2.45, 2.75) is 42.4 Å². The molecule has 0 unspecified atom stereocenters. The van der Waals surface area contributed by atoms with Crippen molar-refractivity contribution in [2.75, 3.05) is 23.9 Å². The Bertz CT molecular complexity index is 2120. The van der Waals surface area contributed by atoms with Gasteiger partial charge in [0, 0.05) is 41.1 Å². The number of hydrazone groups is 1. The molecule has 0 N–H and O–H groups in total. The second-order valence-electron chi connectivity index (χ2n) is 12.2. The van der Waals surface area contributed by atoms with E-state index in [0.29, 0.717) is 52.6 Å². The summed E-state index contributed by atoms with van der Waals surface area (Å²) in [6.07, 6.45) is 7.53. The molecule has 2 aliphatic heterocycles. The van der Waals surface area contributed by atoms with E-state index in [-0.39, 0.29) is 10.8 Å². The summed E-state index contributed by atoms with van der Waals surface area (Å²) in [5.41, 5.74) is 5.71. The second kappa shape index (κ2) is 14.4. The van der Waals surface area contributed by atoms with Crippen LogP contribution in [0.1, 0.15) is 36.8 Å². The highest BCUT2D eigenvalue weighted by molar-refractivity contribution is 8.00. The first-order valence-corrected chi connectivity index (χ1v) is 18.9. The summed E-state index contributed by atoms with van der Waals surface area (Å²) in [5.74, 6) is 0.247. The number of thioether (sulfide) groups is 1. The van der Waals surface area contributed by atoms with E-state index in [4.69, 9.17) is 10.2 Å². The molecule has 5 aromatic rings. The molecule has 248 valence electrons. The number of nitrogens with zero attached hydrogens (tertiary/aromatic N) is 5. The first-order valence-electron chi connectivity index (χ1n) is 16.5. The Hall–Kier alpha value is -4.77. The Labute approximate surface area is 291 Å². The zero-order chi connectivity index (χ0) is 33.8. The maximum absolute atomic E-state index is 14.1. The van der Waals surface area contributed by atoms with Gasteiger partial charge in [0.15, 0.2) is 0 Å². The van der Waals surface area contributed by atoms with Gasteiger partial charge in [0.05, 0.1) is 27.6 Å². The zero-order valence-corrected chi connectivity index (χ0v) is 28.9. The highest BCUT2D eigenvalue weighted by atomic mass is 32.2. The summed E-state index contributed by atoms with van der Waals surface area (Å²) in [6.45, 7) is 3.10. The van der Waals surface area contributed by atoms with E-state index in [0.717, 1.165) is 36.3 Å². The minimum atomic E-state index is -3.69. The number of carbonyl (C=O) groups excluding carboxylic acids is 1. The molecule has 0 spiro atoms. The molecule has 2 aliphatic rings. The molecule has 49 heavy (non-hydrogen) atoms. The lowest BCUT2D eigenvalue weighted by Gasteiger charge is -2.20. The zero-order valence-electron chi connectivity index (χ0n) is 27.3. The summed E-state index contributed by atoms with van der Waals surface area (Å²) in [4.78, 5) is 15.4. The molecule has 1 saturated heterocycles. The average molecular weight is 688 g/mol. The first-order chi connectivity index (χ1) is 23.9. The molecule has 10 heteroatoms. The van der Waals surface area contributed by atoms with Crippen LogP contribution in [-0.4, -0.2) is 53.0 Å². The van der Waals surface area contributed by atoms with Crippen LogP contribution in [0.4, 0.5) is 5.69 Å². The molecule has 7 rings (SSSR count). The minimum Gasteiger partial charge on any atom is -0.267 e. The van der Waals surface area contributed by atoms with Crippen LogP contribution in [0, 0.1) is 6.92 Å². The largest absolute Gasteiger partial charge is 0.280 e. The summed E-state index contributed by atoms with van der Waals surface area (Å²) in [5, 5.41) is 11.2. The molecule has 4 aromatic carbocycles. The molecule has 1 fully saturated rings. The summed E-state index contributed by atoms with van der Waals surface area (Å²) >= 11 is 1.62. The van der Waals surface area contributed by atoms with Gasteiger partial charge in [-0.25, -0.2) is 13.1 Å². The van der Waals surface area contributed by atoms with Crippen molar-refractivity contribution < 1.29 is 13.2 Å². The molecule has 0 radical (unpaired) electrons. The minimum absolute atomic E-state index is 0.235. The van der Waals surface area contributed by atoms with Crippen molar-refractivity contribution in [1.29, 1.82) is 0 Å². The van der Waals surface area contributed by atoms with Gasteiger partial charge in [0.2, 0.25) is 10.0 Å². The average Bonchev–Trinajstić information content (AvgIpc) is 3.56. The third kappa shape index (κ3) is 7.17. The smallest absolute Gasteiger partial charge is 0.267 e. The van der Waals surface area contributed by atoms with E-state index >= 15 is 0 Å². The van der Waals surface area contributed by atoms with Gasteiger partial charge < -0.3 is 0 Å². The standard InChI is InChI=1S/C39H37N5O3S2/c1-29-19-21-34(22-20-29)48-28-37-36(39(45)44(40-37)33-16-8-5-9-17-33)26-31-27-43(32-14-6-4-7-15-32)41-38(31)30-13-12-18-35(25-30)49(46,47)42-23-10-2-3-11-24-42/h4-9,12-22,25-27H,2-3,10-11,23-24,28H2,1H3/b36-26-. The molecule has 3 heterocycles. The highest BCUT2D eigenvalue weighted by Gasteiger charge is 2.32. The van der Waals surface area contributed by atoms with Crippen LogP contribution in [0.2, 0.25) is 0 Å². The quantitative estimate of drug-likeness (QED) is 0.116. The van der Waals surface area contributed by atoms with Crippen LogP contribution in [0.25, 0.3) is 23.0 Å². The van der Waals surface area contributed by atoms with Crippen molar-refractivity contribution in [3.63, 3.8) is 0 Å². The number of rotatable bonds is 9. The summed E-state index contributed by atoms with van der Waals surface area (Å²) < 4.78 is 31.0. The SMILES string of the molecule is Cc1ccc(SCC2=NN(c3ccccc3)C(=O)/C2=C\c2cn(-c3ccccc3)nc2-c2cccc(S(=O)(=O)N3CCCCCC3)c2)cc1. The van der Waals surface area contributed by atoms with E-state index < -0.39 is 10.0 Å². The van der Waals surface area contributed by atoms with Crippen LogP contribution in [0.3, 0.4) is 0 Å². The molecular weight excluding hydrogens is 651 g/mol. The van der Waals surface area contributed by atoms with Crippen molar-refractivity contribution in [3.8, 4) is 16.9 Å². The molecule has 1 amide bonds. The third-order valence-corrected chi connectivity index (χ3v) is 11.6. The van der Waals surface area contributed by atoms with E-state index in [1.54, 1.807) is 38.9 Å². The Kier molecular flexibility index (Phi) is 9.61. The van der Waals surface area contributed by atoms with Crippen LogP contribution in [-0.2, 0) is 14.8 Å². The number of para-hydroxylation sites is 2. The van der Waals surface area contributed by atoms with Gasteiger partial charge in [-0.15, -0.1) is 11.8 Å². The molecule has 0 saturated carbocycles. The topological polar surface area (TPSA) is 87.9 Å². The lowest BCUT2D eigenvalue weighted by atomic mass is 10.0. The number of amides is 1. The van der Waals surface area contributed by atoms with Crippen LogP contribution >= 0.6 is 11.8 Å². The molecule has 0 aliphatic carbocycles. The number of hydrogen-bond acceptors (Lipinski definition) is 6. The first kappa shape index (κ1) is 32.8. The number of benzene rings is 4. The normalized spacial score (nSPS) is 16.6. The van der Waals surface area contributed by atoms with E-state index in [9.17, 15) is 13.2 Å². The molecule has 1 aromatic heterocycles. The summed E-state index contributed by atoms with van der Waals surface area (Å²) in [6, 6.07) is 34.4. The van der Waals surface area contributed by atoms with Gasteiger partial charge in [-0.05, 0) is 74.4 Å². The lowest BCUT2D eigenvalue weighted by molar-refractivity contribution is -0.114. The van der Waals surface area contributed by atoms with Gasteiger partial charge in [-0.2, -0.15) is 19.5 Å². The molecule has 8 nitrogen and oxygen atoms in total. The predicted octanol–water partition coefficient (Wildman–Crippen LogP) is 7.99. The Balaban J connectivity index is 1.31. The van der Waals surface area contributed by atoms with Crippen molar-refractivity contribution in [1.82, 2.24) is 14.1 Å². The Morgan fingerprint density at radius 2 is 1.47 bits per heavy atom. The van der Waals surface area contributed by atoms with Crippen LogP contribution in [0.5, 0.6) is 0 Å². The molecule has 0 bridgehead atoms. The maximum Gasteiger partial charge on any atom is 0.280 e. The summed E-state index contributed by atoms with van der Waals surface area (Å²) in [7, 11) is -3.69. The van der Waals surface area contributed by atoms with E-state index in [2.05, 4.69) is 31.2 Å². The number of aromatic nitrogens is 2. The number of sulfonamides is 1. The van der Waals surface area contributed by atoms with Crippen LogP contribution in [0.15, 0.2) is 136 Å². The Morgan fingerprint density at radius 3 is 2.16 bits per heavy atom. The van der Waals surface area contributed by atoms with Crippen molar-refractivity contribution >= 4 is 45.2 Å². The fraction of sp³-hybridized carbons (Fsp3) is 0.205. The predicted molar refractivity (Wildman–Crippen MR) is 197 cm³/mol. The fourth-order valence-corrected chi connectivity index (χ4v) is 8.47. The van der Waals surface area contributed by atoms with Gasteiger partial charge in [0.1, 0.15) is 5.69 Å². The van der Waals surface area contributed by atoms with Crippen molar-refractivity contribution in [3.05, 3.63) is 132 Å². The molecule has 0 atom stereocenters. The number of aryl methyl sites for hydroxylation is 1. The van der Waals surface area contributed by atoms with Gasteiger partial charge >= 0.3 is 0 Å². The van der Waals surface area contributed by atoms with Gasteiger partial charge in [-0.1, -0.05) is 79.1 Å². The maximum atomic E-state index is 14.1. The number of carbonyl (C=O) groups is 1. The third-order valence-electron chi connectivity index (χ3n) is 8.73. The monoisotopic (exact) mass is 687 g/mol.